The van der Waals surface area contributed by atoms with Crippen LogP contribution in [-0.2, 0) is 4.84 Å². The molecular formula is C26H24N4O5S. The third-order valence-corrected chi connectivity index (χ3v) is 7.37. The summed E-state index contributed by atoms with van der Waals surface area (Å²) < 4.78 is 0. The topological polar surface area (TPSA) is 102 Å². The van der Waals surface area contributed by atoms with Gasteiger partial charge < -0.3 is 4.90 Å². The lowest BCUT2D eigenvalue weighted by atomic mass is 9.86. The minimum absolute atomic E-state index is 0.0157. The van der Waals surface area contributed by atoms with Gasteiger partial charge in [0.15, 0.2) is 5.60 Å². The third kappa shape index (κ3) is 3.98. The predicted octanol–water partition coefficient (Wildman–Crippen LogP) is 6.14. The highest BCUT2D eigenvalue weighted by atomic mass is 32.1. The Morgan fingerprint density at radius 1 is 0.861 bits per heavy atom. The van der Waals surface area contributed by atoms with Gasteiger partial charge in [0.1, 0.15) is 4.99 Å². The lowest BCUT2D eigenvalue weighted by Gasteiger charge is -2.32. The van der Waals surface area contributed by atoms with Crippen molar-refractivity contribution < 1.29 is 14.7 Å². The van der Waals surface area contributed by atoms with E-state index in [0.29, 0.717) is 17.8 Å². The number of anilines is 2. The van der Waals surface area contributed by atoms with E-state index in [-0.39, 0.29) is 17.4 Å². The molecule has 2 aliphatic rings. The molecule has 1 spiro atoms. The van der Waals surface area contributed by atoms with E-state index in [0.717, 1.165) is 16.9 Å². The Hall–Kier alpha value is -3.89. The van der Waals surface area contributed by atoms with Crippen LogP contribution in [-0.4, -0.2) is 26.0 Å². The second-order valence-corrected chi connectivity index (χ2v) is 10.1. The first-order chi connectivity index (χ1) is 17.1. The zero-order chi connectivity index (χ0) is 25.7. The molecule has 2 fully saturated rings. The standard InChI is InChI=1S/C26H24N4O5S/c1-25(2)17-26(24(36)27(25)19-12-14-22(15-13-19)30(33)34)16-23(18-8-10-21(11-9-18)29(31)32)28(35-26)20-6-4-3-5-7-20/h3-15,23H,16-17H2,1-2H3/t23-,26+/m1/s1. The zero-order valence-electron chi connectivity index (χ0n) is 19.7. The molecule has 10 heteroatoms. The Morgan fingerprint density at radius 2 is 1.42 bits per heavy atom. The lowest BCUT2D eigenvalue weighted by molar-refractivity contribution is -0.385. The largest absolute Gasteiger partial charge is 0.328 e. The maximum Gasteiger partial charge on any atom is 0.269 e. The summed E-state index contributed by atoms with van der Waals surface area (Å²) in [6.07, 6.45) is 1.15. The number of nitro benzene ring substituents is 2. The van der Waals surface area contributed by atoms with Crippen LogP contribution in [0.25, 0.3) is 0 Å². The van der Waals surface area contributed by atoms with Crippen molar-refractivity contribution >= 4 is 40.0 Å². The zero-order valence-corrected chi connectivity index (χ0v) is 20.6. The lowest BCUT2D eigenvalue weighted by Crippen LogP contribution is -2.42. The van der Waals surface area contributed by atoms with Crippen LogP contribution in [0.4, 0.5) is 22.7 Å². The number of hydrogen-bond donors (Lipinski definition) is 0. The number of hydrogen-bond acceptors (Lipinski definition) is 7. The van der Waals surface area contributed by atoms with Crippen molar-refractivity contribution in [2.24, 2.45) is 0 Å². The van der Waals surface area contributed by atoms with Crippen molar-refractivity contribution in [2.45, 2.75) is 43.9 Å². The third-order valence-electron chi connectivity index (χ3n) is 6.81. The molecule has 0 saturated carbocycles. The molecule has 2 aliphatic heterocycles. The van der Waals surface area contributed by atoms with Crippen LogP contribution in [0.15, 0.2) is 78.9 Å². The molecule has 36 heavy (non-hydrogen) atoms. The van der Waals surface area contributed by atoms with E-state index in [1.807, 2.05) is 40.3 Å². The second kappa shape index (κ2) is 8.65. The Balaban J connectivity index is 1.53. The number of benzene rings is 3. The number of rotatable bonds is 5. The van der Waals surface area contributed by atoms with Crippen molar-refractivity contribution in [3.8, 4) is 0 Å². The molecule has 0 amide bonds. The number of non-ortho nitro benzene ring substituents is 2. The summed E-state index contributed by atoms with van der Waals surface area (Å²) in [6, 6.07) is 22.4. The summed E-state index contributed by atoms with van der Waals surface area (Å²) in [5, 5.41) is 24.2. The average molecular weight is 505 g/mol. The minimum Gasteiger partial charge on any atom is -0.328 e. The summed E-state index contributed by atoms with van der Waals surface area (Å²) in [5.74, 6) is 0. The van der Waals surface area contributed by atoms with Gasteiger partial charge in [-0.2, -0.15) is 0 Å². The number of para-hydroxylation sites is 1. The van der Waals surface area contributed by atoms with Gasteiger partial charge in [0.2, 0.25) is 0 Å². The van der Waals surface area contributed by atoms with Crippen LogP contribution in [0.1, 0.15) is 38.3 Å². The molecule has 3 aromatic carbocycles. The van der Waals surface area contributed by atoms with Crippen LogP contribution < -0.4 is 9.96 Å². The highest BCUT2D eigenvalue weighted by Crippen LogP contribution is 2.53. The minimum atomic E-state index is -0.803. The van der Waals surface area contributed by atoms with Crippen molar-refractivity contribution in [3.05, 3.63) is 105 Å². The molecule has 2 atom stereocenters. The number of nitro groups is 2. The Morgan fingerprint density at radius 3 is 1.97 bits per heavy atom. The fourth-order valence-corrected chi connectivity index (χ4v) is 5.86. The van der Waals surface area contributed by atoms with Gasteiger partial charge in [-0.25, -0.2) is 5.06 Å². The molecule has 0 N–H and O–H groups in total. The molecule has 9 nitrogen and oxygen atoms in total. The van der Waals surface area contributed by atoms with Crippen LogP contribution in [0.5, 0.6) is 0 Å². The maximum absolute atomic E-state index is 11.2. The molecule has 0 radical (unpaired) electrons. The SMILES string of the molecule is CC1(C)C[C@@]2(C[C@H](c3ccc([N+](=O)[O-])cc3)N(c3ccccc3)O2)C(=S)N1c1ccc([N+](=O)[O-])cc1. The normalized spacial score (nSPS) is 22.8. The van der Waals surface area contributed by atoms with Gasteiger partial charge in [-0.05, 0) is 43.7 Å². The van der Waals surface area contributed by atoms with Gasteiger partial charge in [0, 0.05) is 48.3 Å². The van der Waals surface area contributed by atoms with Gasteiger partial charge in [0.25, 0.3) is 11.4 Å². The molecule has 5 rings (SSSR count). The first kappa shape index (κ1) is 23.8. The molecular weight excluding hydrogens is 480 g/mol. The van der Waals surface area contributed by atoms with E-state index in [1.54, 1.807) is 24.3 Å². The van der Waals surface area contributed by atoms with Gasteiger partial charge in [0.05, 0.1) is 21.6 Å². The highest BCUT2D eigenvalue weighted by molar-refractivity contribution is 7.80. The molecule has 0 aliphatic carbocycles. The summed E-state index contributed by atoms with van der Waals surface area (Å²) in [5.41, 5.74) is 1.33. The number of nitrogens with zero attached hydrogens (tertiary/aromatic N) is 4. The van der Waals surface area contributed by atoms with Crippen LogP contribution in [0, 0.1) is 20.2 Å². The predicted molar refractivity (Wildman–Crippen MR) is 140 cm³/mol. The Bertz CT molecular complexity index is 1330. The Kier molecular flexibility index (Phi) is 5.73. The number of thiocarbonyl (C=S) groups is 1. The molecule has 3 aromatic rings. The summed E-state index contributed by atoms with van der Waals surface area (Å²) in [7, 11) is 0. The molecule has 0 unspecified atom stereocenters. The van der Waals surface area contributed by atoms with E-state index in [9.17, 15) is 20.2 Å². The first-order valence-electron chi connectivity index (χ1n) is 11.5. The van der Waals surface area contributed by atoms with Gasteiger partial charge in [-0.3, -0.25) is 25.1 Å². The maximum atomic E-state index is 11.2. The Labute approximate surface area is 213 Å². The second-order valence-electron chi connectivity index (χ2n) is 9.72. The van der Waals surface area contributed by atoms with Crippen LogP contribution >= 0.6 is 12.2 Å². The van der Waals surface area contributed by atoms with Crippen LogP contribution in [0.3, 0.4) is 0 Å². The highest BCUT2D eigenvalue weighted by Gasteiger charge is 2.60. The monoisotopic (exact) mass is 504 g/mol. The van der Waals surface area contributed by atoms with Crippen LogP contribution in [0.2, 0.25) is 0 Å². The van der Waals surface area contributed by atoms with Gasteiger partial charge in [-0.1, -0.05) is 42.5 Å². The summed E-state index contributed by atoms with van der Waals surface area (Å²) in [6.45, 7) is 4.15. The van der Waals surface area contributed by atoms with Crippen molar-refractivity contribution in [1.29, 1.82) is 0 Å². The fraction of sp³-hybridized carbons (Fsp3) is 0.269. The molecule has 2 saturated heterocycles. The van der Waals surface area contributed by atoms with Crippen molar-refractivity contribution in [1.82, 2.24) is 0 Å². The van der Waals surface area contributed by atoms with E-state index in [2.05, 4.69) is 13.8 Å². The molecule has 2 heterocycles. The van der Waals surface area contributed by atoms with Gasteiger partial charge >= 0.3 is 0 Å². The van der Waals surface area contributed by atoms with Crippen molar-refractivity contribution in [2.75, 3.05) is 9.96 Å². The van der Waals surface area contributed by atoms with E-state index >= 15 is 0 Å². The molecule has 0 bridgehead atoms. The van der Waals surface area contributed by atoms with E-state index < -0.39 is 21.0 Å². The van der Waals surface area contributed by atoms with Crippen molar-refractivity contribution in [3.63, 3.8) is 0 Å². The quantitative estimate of drug-likeness (QED) is 0.232. The first-order valence-corrected chi connectivity index (χ1v) is 11.9. The molecule has 0 aromatic heterocycles. The average Bonchev–Trinajstić information content (AvgIpc) is 3.33. The van der Waals surface area contributed by atoms with E-state index in [1.165, 1.54) is 24.3 Å². The molecule has 184 valence electrons. The summed E-state index contributed by atoms with van der Waals surface area (Å²) in [4.78, 5) is 30.8. The number of hydroxylamine groups is 1. The fourth-order valence-electron chi connectivity index (χ4n) is 5.32. The summed E-state index contributed by atoms with van der Waals surface area (Å²) >= 11 is 6.04. The van der Waals surface area contributed by atoms with Gasteiger partial charge in [-0.15, -0.1) is 0 Å². The smallest absolute Gasteiger partial charge is 0.269 e. The van der Waals surface area contributed by atoms with E-state index in [4.69, 9.17) is 17.1 Å².